The third kappa shape index (κ3) is 4.86. The van der Waals surface area contributed by atoms with Crippen LogP contribution in [0.15, 0.2) is 48.5 Å². The molecule has 1 atom stereocenters. The number of alkyl halides is 3. The van der Waals surface area contributed by atoms with Gasteiger partial charge in [-0.2, -0.15) is 13.2 Å². The van der Waals surface area contributed by atoms with Gasteiger partial charge in [-0.1, -0.05) is 18.2 Å². The van der Waals surface area contributed by atoms with Crippen molar-refractivity contribution in [2.45, 2.75) is 19.1 Å². The predicted octanol–water partition coefficient (Wildman–Crippen LogP) is 4.76. The molecule has 3 nitrogen and oxygen atoms in total. The Bertz CT molecular complexity index is 702. The summed E-state index contributed by atoms with van der Waals surface area (Å²) < 4.78 is 43.2. The Hall–Kier alpha value is -2.28. The number of thiocarbonyl (C=S) groups is 1. The normalized spacial score (nSPS) is 12.4. The van der Waals surface area contributed by atoms with Gasteiger partial charge in [-0.3, -0.25) is 0 Å². The van der Waals surface area contributed by atoms with E-state index < -0.39 is 11.7 Å². The highest BCUT2D eigenvalue weighted by atomic mass is 32.1. The molecule has 24 heavy (non-hydrogen) atoms. The second-order valence-electron chi connectivity index (χ2n) is 5.17. The first-order valence-electron chi connectivity index (χ1n) is 7.18. The van der Waals surface area contributed by atoms with Crippen molar-refractivity contribution in [3.8, 4) is 5.75 Å². The van der Waals surface area contributed by atoms with Gasteiger partial charge in [-0.15, -0.1) is 0 Å². The van der Waals surface area contributed by atoms with Crippen LogP contribution < -0.4 is 15.4 Å². The van der Waals surface area contributed by atoms with E-state index in [1.807, 2.05) is 31.2 Å². The van der Waals surface area contributed by atoms with Crippen LogP contribution in [0.2, 0.25) is 0 Å². The van der Waals surface area contributed by atoms with E-state index in [2.05, 4.69) is 10.6 Å². The van der Waals surface area contributed by atoms with Crippen LogP contribution in [-0.2, 0) is 6.18 Å². The maximum absolute atomic E-state index is 12.7. The second kappa shape index (κ2) is 7.53. The SMILES string of the molecule is COc1ccc([C@H](C)NC(=S)Nc2cccc(C(F)(F)F)c2)cc1. The van der Waals surface area contributed by atoms with Gasteiger partial charge in [0, 0.05) is 5.69 Å². The second-order valence-corrected chi connectivity index (χ2v) is 5.58. The summed E-state index contributed by atoms with van der Waals surface area (Å²) in [6.07, 6.45) is -4.39. The largest absolute Gasteiger partial charge is 0.497 e. The summed E-state index contributed by atoms with van der Waals surface area (Å²) >= 11 is 5.17. The van der Waals surface area contributed by atoms with E-state index in [9.17, 15) is 13.2 Å². The fraction of sp³-hybridized carbons (Fsp3) is 0.235. The van der Waals surface area contributed by atoms with E-state index in [1.54, 1.807) is 7.11 Å². The molecular weight excluding hydrogens is 337 g/mol. The van der Waals surface area contributed by atoms with Crippen LogP contribution in [0.4, 0.5) is 18.9 Å². The van der Waals surface area contributed by atoms with E-state index in [4.69, 9.17) is 17.0 Å². The maximum Gasteiger partial charge on any atom is 0.416 e. The molecule has 7 heteroatoms. The molecule has 0 radical (unpaired) electrons. The molecule has 2 aromatic rings. The van der Waals surface area contributed by atoms with Crippen molar-refractivity contribution in [2.24, 2.45) is 0 Å². The fourth-order valence-corrected chi connectivity index (χ4v) is 2.41. The molecule has 0 saturated carbocycles. The summed E-state index contributed by atoms with van der Waals surface area (Å²) in [6.45, 7) is 1.90. The lowest BCUT2D eigenvalue weighted by atomic mass is 10.1. The third-order valence-electron chi connectivity index (χ3n) is 3.41. The number of benzene rings is 2. The Morgan fingerprint density at radius 3 is 2.38 bits per heavy atom. The quantitative estimate of drug-likeness (QED) is 0.776. The summed E-state index contributed by atoms with van der Waals surface area (Å²) in [6, 6.07) is 12.2. The zero-order valence-electron chi connectivity index (χ0n) is 13.1. The molecule has 0 aromatic heterocycles. The predicted molar refractivity (Wildman–Crippen MR) is 92.2 cm³/mol. The summed E-state index contributed by atoms with van der Waals surface area (Å²) in [5, 5.41) is 6.06. The zero-order valence-corrected chi connectivity index (χ0v) is 14.0. The van der Waals surface area contributed by atoms with Crippen molar-refractivity contribution in [3.05, 3.63) is 59.7 Å². The van der Waals surface area contributed by atoms with E-state index in [0.29, 0.717) is 0 Å². The molecule has 0 aliphatic rings. The first-order valence-corrected chi connectivity index (χ1v) is 7.59. The maximum atomic E-state index is 12.7. The first-order chi connectivity index (χ1) is 11.3. The average molecular weight is 354 g/mol. The van der Waals surface area contributed by atoms with Gasteiger partial charge in [0.15, 0.2) is 5.11 Å². The lowest BCUT2D eigenvalue weighted by Crippen LogP contribution is -2.30. The number of hydrogen-bond acceptors (Lipinski definition) is 2. The number of hydrogen-bond donors (Lipinski definition) is 2. The van der Waals surface area contributed by atoms with Gasteiger partial charge in [0.1, 0.15) is 5.75 Å². The molecule has 0 amide bonds. The topological polar surface area (TPSA) is 33.3 Å². The Labute approximate surface area is 143 Å². The molecule has 0 aliphatic heterocycles. The van der Waals surface area contributed by atoms with Gasteiger partial charge in [-0.05, 0) is 55.0 Å². The van der Waals surface area contributed by atoms with Gasteiger partial charge >= 0.3 is 6.18 Å². The number of nitrogens with one attached hydrogen (secondary N) is 2. The van der Waals surface area contributed by atoms with Crippen molar-refractivity contribution < 1.29 is 17.9 Å². The molecule has 0 heterocycles. The Morgan fingerprint density at radius 2 is 1.79 bits per heavy atom. The highest BCUT2D eigenvalue weighted by Gasteiger charge is 2.30. The molecule has 0 aliphatic carbocycles. The molecule has 0 bridgehead atoms. The van der Waals surface area contributed by atoms with Crippen molar-refractivity contribution in [2.75, 3.05) is 12.4 Å². The first kappa shape index (κ1) is 18.1. The van der Waals surface area contributed by atoms with Crippen LogP contribution in [-0.4, -0.2) is 12.2 Å². The highest BCUT2D eigenvalue weighted by Crippen LogP contribution is 2.30. The van der Waals surface area contributed by atoms with Crippen LogP contribution in [0.3, 0.4) is 0 Å². The fourth-order valence-electron chi connectivity index (χ4n) is 2.11. The minimum absolute atomic E-state index is 0.110. The van der Waals surface area contributed by atoms with Crippen LogP contribution in [0.25, 0.3) is 0 Å². The van der Waals surface area contributed by atoms with Crippen molar-refractivity contribution in [1.29, 1.82) is 0 Å². The van der Waals surface area contributed by atoms with E-state index in [0.717, 1.165) is 23.4 Å². The smallest absolute Gasteiger partial charge is 0.416 e. The lowest BCUT2D eigenvalue weighted by Gasteiger charge is -2.18. The summed E-state index contributed by atoms with van der Waals surface area (Å²) in [5.41, 5.74) is 0.534. The molecule has 0 spiro atoms. The van der Waals surface area contributed by atoms with Crippen LogP contribution in [0.5, 0.6) is 5.75 Å². The summed E-state index contributed by atoms with van der Waals surface area (Å²) in [5.74, 6) is 0.746. The van der Waals surface area contributed by atoms with Crippen molar-refractivity contribution in [1.82, 2.24) is 5.32 Å². The van der Waals surface area contributed by atoms with Gasteiger partial charge < -0.3 is 15.4 Å². The van der Waals surface area contributed by atoms with Crippen molar-refractivity contribution >= 4 is 23.0 Å². The van der Waals surface area contributed by atoms with Gasteiger partial charge in [0.05, 0.1) is 18.7 Å². The van der Waals surface area contributed by atoms with Gasteiger partial charge in [-0.25, -0.2) is 0 Å². The Morgan fingerprint density at radius 1 is 1.12 bits per heavy atom. The number of ether oxygens (including phenoxy) is 1. The van der Waals surface area contributed by atoms with E-state index >= 15 is 0 Å². The number of halogens is 3. The van der Waals surface area contributed by atoms with Crippen LogP contribution in [0, 0.1) is 0 Å². The molecule has 2 aromatic carbocycles. The van der Waals surface area contributed by atoms with Crippen LogP contribution >= 0.6 is 12.2 Å². The molecule has 128 valence electrons. The zero-order chi connectivity index (χ0) is 17.7. The molecule has 0 fully saturated rings. The number of anilines is 1. The minimum atomic E-state index is -4.39. The number of rotatable bonds is 4. The Kier molecular flexibility index (Phi) is 5.66. The molecule has 0 saturated heterocycles. The van der Waals surface area contributed by atoms with E-state index in [-0.39, 0.29) is 16.8 Å². The highest BCUT2D eigenvalue weighted by molar-refractivity contribution is 7.80. The summed E-state index contributed by atoms with van der Waals surface area (Å²) in [7, 11) is 1.59. The van der Waals surface area contributed by atoms with Crippen molar-refractivity contribution in [3.63, 3.8) is 0 Å². The standard InChI is InChI=1S/C17H17F3N2OS/c1-11(12-6-8-15(23-2)9-7-12)21-16(24)22-14-5-3-4-13(10-14)17(18,19)20/h3-11H,1-2H3,(H2,21,22,24)/t11-/m0/s1. The minimum Gasteiger partial charge on any atom is -0.497 e. The molecule has 0 unspecified atom stereocenters. The molecule has 2 N–H and O–H groups in total. The Balaban J connectivity index is 1.99. The van der Waals surface area contributed by atoms with Gasteiger partial charge in [0.25, 0.3) is 0 Å². The van der Waals surface area contributed by atoms with Gasteiger partial charge in [0.2, 0.25) is 0 Å². The summed E-state index contributed by atoms with van der Waals surface area (Å²) in [4.78, 5) is 0. The third-order valence-corrected chi connectivity index (χ3v) is 3.63. The lowest BCUT2D eigenvalue weighted by molar-refractivity contribution is -0.137. The number of methoxy groups -OCH3 is 1. The average Bonchev–Trinajstić information content (AvgIpc) is 2.54. The molecular formula is C17H17F3N2OS. The van der Waals surface area contributed by atoms with Crippen LogP contribution in [0.1, 0.15) is 24.1 Å². The monoisotopic (exact) mass is 354 g/mol. The molecule has 2 rings (SSSR count). The van der Waals surface area contributed by atoms with E-state index in [1.165, 1.54) is 12.1 Å².